The van der Waals surface area contributed by atoms with E-state index < -0.39 is 0 Å². The van der Waals surface area contributed by atoms with Crippen LogP contribution in [-0.2, 0) is 9.53 Å². The van der Waals surface area contributed by atoms with Gasteiger partial charge in [-0.2, -0.15) is 0 Å². The summed E-state index contributed by atoms with van der Waals surface area (Å²) in [4.78, 5) is 26.5. The van der Waals surface area contributed by atoms with Crippen molar-refractivity contribution in [1.82, 2.24) is 4.90 Å². The summed E-state index contributed by atoms with van der Waals surface area (Å²) < 4.78 is 4.74. The number of hydrogen-bond acceptors (Lipinski definition) is 3. The molecule has 0 bridgehead atoms. The van der Waals surface area contributed by atoms with E-state index in [-0.39, 0.29) is 24.3 Å². The molecule has 1 aliphatic rings. The molecule has 1 aromatic rings. The van der Waals surface area contributed by atoms with Crippen molar-refractivity contribution in [3.63, 3.8) is 0 Å². The largest absolute Gasteiger partial charge is 0.469 e. The predicted octanol–water partition coefficient (Wildman–Crippen LogP) is 3.72. The molecule has 1 amide bonds. The lowest BCUT2D eigenvalue weighted by molar-refractivity contribution is -0.140. The molecule has 0 spiro atoms. The zero-order valence-electron chi connectivity index (χ0n) is 14.2. The van der Waals surface area contributed by atoms with Crippen LogP contribution in [0.1, 0.15) is 60.9 Å². The Hall–Kier alpha value is -1.84. The summed E-state index contributed by atoms with van der Waals surface area (Å²) in [7, 11) is 1.39. The zero-order valence-corrected chi connectivity index (χ0v) is 14.2. The summed E-state index contributed by atoms with van der Waals surface area (Å²) in [5.41, 5.74) is 1.72. The fraction of sp³-hybridized carbons (Fsp3) is 0.579. The quantitative estimate of drug-likeness (QED) is 0.614. The Morgan fingerprint density at radius 1 is 1.13 bits per heavy atom. The number of carbonyl (C=O) groups is 2. The molecule has 1 fully saturated rings. The van der Waals surface area contributed by atoms with Crippen LogP contribution in [0.25, 0.3) is 0 Å². The number of hydrogen-bond donors (Lipinski definition) is 0. The van der Waals surface area contributed by atoms with Gasteiger partial charge in [0.25, 0.3) is 5.91 Å². The first kappa shape index (κ1) is 17.5. The van der Waals surface area contributed by atoms with Crippen LogP contribution >= 0.6 is 0 Å². The van der Waals surface area contributed by atoms with Gasteiger partial charge in [-0.25, -0.2) is 0 Å². The molecule has 4 heteroatoms. The van der Waals surface area contributed by atoms with Crippen molar-refractivity contribution < 1.29 is 14.3 Å². The number of methoxy groups -OCH3 is 1. The third-order valence-electron chi connectivity index (χ3n) is 4.69. The van der Waals surface area contributed by atoms with Gasteiger partial charge in [-0.3, -0.25) is 9.59 Å². The number of esters is 1. The van der Waals surface area contributed by atoms with Crippen molar-refractivity contribution in [2.75, 3.05) is 13.7 Å². The number of benzene rings is 1. The highest BCUT2D eigenvalue weighted by Crippen LogP contribution is 2.24. The molecule has 0 radical (unpaired) electrons. The van der Waals surface area contributed by atoms with Crippen molar-refractivity contribution in [1.29, 1.82) is 0 Å². The van der Waals surface area contributed by atoms with Gasteiger partial charge in [-0.05, 0) is 31.4 Å². The highest BCUT2D eigenvalue weighted by Gasteiger charge is 2.26. The minimum atomic E-state index is -0.263. The van der Waals surface area contributed by atoms with E-state index in [0.29, 0.717) is 6.54 Å². The molecule has 2 rings (SSSR count). The summed E-state index contributed by atoms with van der Waals surface area (Å²) in [6, 6.07) is 7.90. The van der Waals surface area contributed by atoms with Gasteiger partial charge in [0.1, 0.15) is 0 Å². The van der Waals surface area contributed by atoms with Gasteiger partial charge in [0.2, 0.25) is 0 Å². The van der Waals surface area contributed by atoms with Crippen LogP contribution < -0.4 is 0 Å². The minimum absolute atomic E-state index is 0.0407. The highest BCUT2D eigenvalue weighted by molar-refractivity contribution is 5.96. The van der Waals surface area contributed by atoms with E-state index in [1.807, 2.05) is 36.1 Å². The summed E-state index contributed by atoms with van der Waals surface area (Å²) in [6.45, 7) is 2.39. The van der Waals surface area contributed by atoms with E-state index in [1.54, 1.807) is 0 Å². The molecule has 0 heterocycles. The summed E-state index contributed by atoms with van der Waals surface area (Å²) >= 11 is 0. The number of carbonyl (C=O) groups excluding carboxylic acids is 2. The summed E-state index contributed by atoms with van der Waals surface area (Å²) in [5, 5.41) is 0. The predicted molar refractivity (Wildman–Crippen MR) is 90.3 cm³/mol. The molecule has 0 aliphatic heterocycles. The molecule has 0 aromatic heterocycles. The topological polar surface area (TPSA) is 46.6 Å². The number of ether oxygens (including phenoxy) is 1. The van der Waals surface area contributed by atoms with Crippen molar-refractivity contribution in [3.05, 3.63) is 35.4 Å². The molecule has 126 valence electrons. The van der Waals surface area contributed by atoms with Crippen LogP contribution in [0.3, 0.4) is 0 Å². The van der Waals surface area contributed by atoms with Gasteiger partial charge in [-0.15, -0.1) is 0 Å². The molecule has 23 heavy (non-hydrogen) atoms. The Balaban J connectivity index is 2.19. The van der Waals surface area contributed by atoms with E-state index >= 15 is 0 Å². The monoisotopic (exact) mass is 317 g/mol. The molecule has 0 saturated heterocycles. The number of amides is 1. The van der Waals surface area contributed by atoms with Gasteiger partial charge in [0.05, 0.1) is 13.5 Å². The van der Waals surface area contributed by atoms with E-state index in [4.69, 9.17) is 4.74 Å². The molecule has 1 aliphatic carbocycles. The molecule has 0 N–H and O–H groups in total. The number of rotatable bonds is 5. The molecule has 0 unspecified atom stereocenters. The summed E-state index contributed by atoms with van der Waals surface area (Å²) in [5.74, 6) is -0.222. The van der Waals surface area contributed by atoms with Gasteiger partial charge in [0, 0.05) is 18.2 Å². The van der Waals surface area contributed by atoms with E-state index in [9.17, 15) is 9.59 Å². The Kier molecular flexibility index (Phi) is 6.63. The molecule has 0 atom stereocenters. The first-order valence-corrected chi connectivity index (χ1v) is 8.57. The Morgan fingerprint density at radius 2 is 1.78 bits per heavy atom. The van der Waals surface area contributed by atoms with Gasteiger partial charge in [0.15, 0.2) is 0 Å². The Morgan fingerprint density at radius 3 is 2.39 bits per heavy atom. The molecule has 4 nitrogen and oxygen atoms in total. The van der Waals surface area contributed by atoms with E-state index in [0.717, 1.165) is 36.8 Å². The fourth-order valence-electron chi connectivity index (χ4n) is 3.30. The molecular weight excluding hydrogens is 290 g/mol. The lowest BCUT2D eigenvalue weighted by atomic mass is 10.0. The zero-order chi connectivity index (χ0) is 16.7. The normalized spacial score (nSPS) is 15.7. The van der Waals surface area contributed by atoms with Gasteiger partial charge < -0.3 is 9.64 Å². The van der Waals surface area contributed by atoms with Crippen LogP contribution in [0.15, 0.2) is 24.3 Å². The maximum Gasteiger partial charge on any atom is 0.307 e. The molecule has 1 aromatic carbocycles. The maximum atomic E-state index is 13.1. The molecular formula is C19H27NO3. The SMILES string of the molecule is COC(=O)CCN(C(=O)c1ccccc1C)C1CCCCCC1. The Bertz CT molecular complexity index is 533. The van der Waals surface area contributed by atoms with Crippen LogP contribution in [0.4, 0.5) is 0 Å². The third kappa shape index (κ3) is 4.81. The summed E-state index contributed by atoms with van der Waals surface area (Å²) in [6.07, 6.45) is 7.09. The van der Waals surface area contributed by atoms with Gasteiger partial charge >= 0.3 is 5.97 Å². The average molecular weight is 317 g/mol. The highest BCUT2D eigenvalue weighted by atomic mass is 16.5. The minimum Gasteiger partial charge on any atom is -0.469 e. The maximum absolute atomic E-state index is 13.1. The average Bonchev–Trinajstić information content (AvgIpc) is 2.84. The van der Waals surface area contributed by atoms with Crippen LogP contribution in [-0.4, -0.2) is 36.5 Å². The lowest BCUT2D eigenvalue weighted by Gasteiger charge is -2.31. The van der Waals surface area contributed by atoms with Crippen molar-refractivity contribution in [2.45, 2.75) is 57.9 Å². The number of nitrogens with zero attached hydrogens (tertiary/aromatic N) is 1. The van der Waals surface area contributed by atoms with Gasteiger partial charge in [-0.1, -0.05) is 43.9 Å². The first-order chi connectivity index (χ1) is 11.1. The lowest BCUT2D eigenvalue weighted by Crippen LogP contribution is -2.41. The number of aryl methyl sites for hydroxylation is 1. The van der Waals surface area contributed by atoms with Crippen LogP contribution in [0, 0.1) is 6.92 Å². The van der Waals surface area contributed by atoms with E-state index in [1.165, 1.54) is 20.0 Å². The Labute approximate surface area is 138 Å². The smallest absolute Gasteiger partial charge is 0.307 e. The standard InChI is InChI=1S/C19H27NO3/c1-15-9-7-8-12-17(15)19(22)20(14-13-18(21)23-2)16-10-5-3-4-6-11-16/h7-9,12,16H,3-6,10-11,13-14H2,1-2H3. The van der Waals surface area contributed by atoms with E-state index in [2.05, 4.69) is 0 Å². The van der Waals surface area contributed by atoms with Crippen LogP contribution in [0.5, 0.6) is 0 Å². The second kappa shape index (κ2) is 8.70. The third-order valence-corrected chi connectivity index (χ3v) is 4.69. The molecule has 1 saturated carbocycles. The van der Waals surface area contributed by atoms with Crippen LogP contribution in [0.2, 0.25) is 0 Å². The fourth-order valence-corrected chi connectivity index (χ4v) is 3.30. The van der Waals surface area contributed by atoms with Crippen molar-refractivity contribution in [3.8, 4) is 0 Å². The first-order valence-electron chi connectivity index (χ1n) is 8.57. The van der Waals surface area contributed by atoms with Crippen molar-refractivity contribution >= 4 is 11.9 Å². The van der Waals surface area contributed by atoms with Crippen molar-refractivity contribution in [2.24, 2.45) is 0 Å². The second-order valence-corrected chi connectivity index (χ2v) is 6.28. The second-order valence-electron chi connectivity index (χ2n) is 6.28.